The van der Waals surface area contributed by atoms with Gasteiger partial charge in [-0.25, -0.2) is 9.97 Å². The molecule has 0 fully saturated rings. The zero-order valence-electron chi connectivity index (χ0n) is 13.8. The molecule has 122 valence electrons. The summed E-state index contributed by atoms with van der Waals surface area (Å²) < 4.78 is 5.24. The Balaban J connectivity index is 1.79. The second-order valence-electron chi connectivity index (χ2n) is 5.28. The first-order valence-electron chi connectivity index (χ1n) is 7.86. The maximum Gasteiger partial charge on any atom is 0.135 e. The average molecular weight is 320 g/mol. The van der Waals surface area contributed by atoms with Crippen molar-refractivity contribution >= 4 is 23.0 Å². The smallest absolute Gasteiger partial charge is 0.135 e. The fourth-order valence-electron chi connectivity index (χ4n) is 2.43. The van der Waals surface area contributed by atoms with Crippen molar-refractivity contribution in [1.82, 2.24) is 9.97 Å². The summed E-state index contributed by atoms with van der Waals surface area (Å²) >= 11 is 0. The zero-order chi connectivity index (χ0) is 16.8. The second-order valence-corrected chi connectivity index (χ2v) is 5.28. The predicted molar refractivity (Wildman–Crippen MR) is 97.4 cm³/mol. The van der Waals surface area contributed by atoms with Gasteiger partial charge in [-0.15, -0.1) is 0 Å². The normalized spacial score (nSPS) is 10.2. The van der Waals surface area contributed by atoms with Gasteiger partial charge in [-0.2, -0.15) is 0 Å². The molecule has 0 atom stereocenters. The number of aromatic nitrogens is 2. The molecule has 2 N–H and O–H groups in total. The van der Waals surface area contributed by atoms with Gasteiger partial charge in [0.25, 0.3) is 0 Å². The average Bonchev–Trinajstić information content (AvgIpc) is 2.62. The number of anilines is 4. The Morgan fingerprint density at radius 2 is 1.71 bits per heavy atom. The Kier molecular flexibility index (Phi) is 4.91. The summed E-state index contributed by atoms with van der Waals surface area (Å²) in [6, 6.07) is 17.8. The first-order valence-corrected chi connectivity index (χ1v) is 7.86. The number of nitrogens with zero attached hydrogens (tertiary/aromatic N) is 2. The lowest BCUT2D eigenvalue weighted by Gasteiger charge is -2.11. The van der Waals surface area contributed by atoms with Crippen LogP contribution in [0.1, 0.15) is 12.5 Å². The maximum atomic E-state index is 5.24. The van der Waals surface area contributed by atoms with Gasteiger partial charge >= 0.3 is 0 Å². The predicted octanol–water partition coefficient (Wildman–Crippen LogP) is 4.53. The monoisotopic (exact) mass is 320 g/mol. The molecule has 0 aliphatic heterocycles. The van der Waals surface area contributed by atoms with Crippen molar-refractivity contribution in [3.63, 3.8) is 0 Å². The summed E-state index contributed by atoms with van der Waals surface area (Å²) in [4.78, 5) is 8.57. The van der Waals surface area contributed by atoms with Gasteiger partial charge < -0.3 is 15.4 Å². The van der Waals surface area contributed by atoms with E-state index in [0.29, 0.717) is 0 Å². The molecule has 0 aliphatic rings. The van der Waals surface area contributed by atoms with E-state index in [1.807, 2.05) is 42.5 Å². The van der Waals surface area contributed by atoms with Crippen molar-refractivity contribution in [2.45, 2.75) is 13.3 Å². The lowest BCUT2D eigenvalue weighted by Crippen LogP contribution is -2.00. The molecule has 0 bridgehead atoms. The SMILES string of the molecule is CCc1ccccc1Nc1cc(Nc2cccc(OC)c2)ncn1. The minimum atomic E-state index is 0.717. The summed E-state index contributed by atoms with van der Waals surface area (Å²) in [5.74, 6) is 2.26. The van der Waals surface area contributed by atoms with Crippen molar-refractivity contribution < 1.29 is 4.74 Å². The first kappa shape index (κ1) is 15.8. The highest BCUT2D eigenvalue weighted by Gasteiger charge is 2.04. The molecule has 0 saturated heterocycles. The van der Waals surface area contributed by atoms with Crippen molar-refractivity contribution in [2.75, 3.05) is 17.7 Å². The van der Waals surface area contributed by atoms with Crippen molar-refractivity contribution in [3.8, 4) is 5.75 Å². The molecular weight excluding hydrogens is 300 g/mol. The van der Waals surface area contributed by atoms with E-state index in [1.165, 1.54) is 5.56 Å². The Bertz CT molecular complexity index is 820. The molecule has 0 spiro atoms. The number of nitrogens with one attached hydrogen (secondary N) is 2. The zero-order valence-corrected chi connectivity index (χ0v) is 13.8. The molecule has 3 aromatic rings. The van der Waals surface area contributed by atoms with E-state index in [4.69, 9.17) is 4.74 Å². The number of hydrogen-bond acceptors (Lipinski definition) is 5. The van der Waals surface area contributed by atoms with E-state index in [-0.39, 0.29) is 0 Å². The molecule has 24 heavy (non-hydrogen) atoms. The third-order valence-corrected chi connectivity index (χ3v) is 3.67. The minimum Gasteiger partial charge on any atom is -0.497 e. The van der Waals surface area contributed by atoms with Crippen molar-refractivity contribution in [3.05, 3.63) is 66.5 Å². The van der Waals surface area contributed by atoms with Gasteiger partial charge in [0.15, 0.2) is 0 Å². The minimum absolute atomic E-state index is 0.717. The number of ether oxygens (including phenoxy) is 1. The fourth-order valence-corrected chi connectivity index (χ4v) is 2.43. The van der Waals surface area contributed by atoms with Gasteiger partial charge in [0.05, 0.1) is 7.11 Å². The van der Waals surface area contributed by atoms with E-state index in [2.05, 4.69) is 39.7 Å². The van der Waals surface area contributed by atoms with Crippen LogP contribution in [0.25, 0.3) is 0 Å². The Morgan fingerprint density at radius 1 is 0.917 bits per heavy atom. The first-order chi connectivity index (χ1) is 11.8. The van der Waals surface area contributed by atoms with Crippen LogP contribution in [0.15, 0.2) is 60.9 Å². The Hall–Kier alpha value is -3.08. The highest BCUT2D eigenvalue weighted by molar-refractivity contribution is 5.65. The van der Waals surface area contributed by atoms with Crippen LogP contribution in [0.2, 0.25) is 0 Å². The third-order valence-electron chi connectivity index (χ3n) is 3.67. The fraction of sp³-hybridized carbons (Fsp3) is 0.158. The highest BCUT2D eigenvalue weighted by atomic mass is 16.5. The lowest BCUT2D eigenvalue weighted by atomic mass is 10.1. The van der Waals surface area contributed by atoms with E-state index >= 15 is 0 Å². The summed E-state index contributed by atoms with van der Waals surface area (Å²) in [5, 5.41) is 6.62. The quantitative estimate of drug-likeness (QED) is 0.698. The molecular formula is C19H20N4O. The lowest BCUT2D eigenvalue weighted by molar-refractivity contribution is 0.415. The van der Waals surface area contributed by atoms with Crippen LogP contribution < -0.4 is 15.4 Å². The van der Waals surface area contributed by atoms with Crippen LogP contribution in [0.3, 0.4) is 0 Å². The van der Waals surface area contributed by atoms with E-state index in [1.54, 1.807) is 13.4 Å². The van der Waals surface area contributed by atoms with Crippen LogP contribution in [-0.2, 0) is 6.42 Å². The second kappa shape index (κ2) is 7.46. The standard InChI is InChI=1S/C19H20N4O/c1-3-14-7-4-5-10-17(14)23-19-12-18(20-13-21-19)22-15-8-6-9-16(11-15)24-2/h4-13H,3H2,1-2H3,(H2,20,21,22,23). The maximum absolute atomic E-state index is 5.24. The van der Waals surface area contributed by atoms with E-state index in [0.717, 1.165) is 35.2 Å². The number of benzene rings is 2. The molecule has 0 radical (unpaired) electrons. The van der Waals surface area contributed by atoms with Crippen molar-refractivity contribution in [1.29, 1.82) is 0 Å². The number of para-hydroxylation sites is 1. The molecule has 0 unspecified atom stereocenters. The molecule has 1 heterocycles. The largest absolute Gasteiger partial charge is 0.497 e. The molecule has 2 aromatic carbocycles. The Morgan fingerprint density at radius 3 is 2.50 bits per heavy atom. The topological polar surface area (TPSA) is 59.1 Å². The molecule has 5 nitrogen and oxygen atoms in total. The van der Waals surface area contributed by atoms with E-state index in [9.17, 15) is 0 Å². The van der Waals surface area contributed by atoms with Gasteiger partial charge in [-0.05, 0) is 30.2 Å². The van der Waals surface area contributed by atoms with Crippen LogP contribution in [-0.4, -0.2) is 17.1 Å². The highest BCUT2D eigenvalue weighted by Crippen LogP contribution is 2.23. The molecule has 1 aromatic heterocycles. The van der Waals surface area contributed by atoms with Crippen LogP contribution >= 0.6 is 0 Å². The van der Waals surface area contributed by atoms with Gasteiger partial charge in [-0.1, -0.05) is 31.2 Å². The van der Waals surface area contributed by atoms with Crippen LogP contribution in [0.4, 0.5) is 23.0 Å². The molecule has 0 aliphatic carbocycles. The molecule has 0 amide bonds. The molecule has 0 saturated carbocycles. The number of aryl methyl sites for hydroxylation is 1. The number of methoxy groups -OCH3 is 1. The number of hydrogen-bond donors (Lipinski definition) is 2. The Labute approximate surface area is 141 Å². The van der Waals surface area contributed by atoms with E-state index < -0.39 is 0 Å². The summed E-state index contributed by atoms with van der Waals surface area (Å²) in [6.07, 6.45) is 2.50. The van der Waals surface area contributed by atoms with Gasteiger partial charge in [0.1, 0.15) is 23.7 Å². The van der Waals surface area contributed by atoms with Gasteiger partial charge in [0.2, 0.25) is 0 Å². The van der Waals surface area contributed by atoms with Crippen molar-refractivity contribution in [2.24, 2.45) is 0 Å². The van der Waals surface area contributed by atoms with Gasteiger partial charge in [0, 0.05) is 23.5 Å². The molecule has 5 heteroatoms. The molecule has 3 rings (SSSR count). The van der Waals surface area contributed by atoms with Crippen LogP contribution in [0.5, 0.6) is 5.75 Å². The summed E-state index contributed by atoms with van der Waals surface area (Å²) in [7, 11) is 1.65. The van der Waals surface area contributed by atoms with Crippen LogP contribution in [0, 0.1) is 0 Å². The summed E-state index contributed by atoms with van der Waals surface area (Å²) in [5.41, 5.74) is 3.22. The number of rotatable bonds is 6. The van der Waals surface area contributed by atoms with Gasteiger partial charge in [-0.3, -0.25) is 0 Å². The third kappa shape index (κ3) is 3.81. The summed E-state index contributed by atoms with van der Waals surface area (Å²) in [6.45, 7) is 2.14.